The average molecular weight is 377 g/mol. The Morgan fingerprint density at radius 3 is 1.63 bits per heavy atom. The van der Waals surface area contributed by atoms with Gasteiger partial charge in [-0.3, -0.25) is 0 Å². The molecule has 0 saturated carbocycles. The Balaban J connectivity index is 1.87. The first-order valence-electron chi connectivity index (χ1n) is 11.6. The van der Waals surface area contributed by atoms with Crippen molar-refractivity contribution in [2.75, 3.05) is 33.8 Å². The lowest BCUT2D eigenvalue weighted by Crippen LogP contribution is -2.43. The van der Waals surface area contributed by atoms with E-state index >= 15 is 0 Å². The van der Waals surface area contributed by atoms with Crippen LogP contribution in [0.2, 0.25) is 0 Å². The van der Waals surface area contributed by atoms with E-state index in [9.17, 15) is 0 Å². The fourth-order valence-corrected chi connectivity index (χ4v) is 3.60. The molecule has 0 N–H and O–H groups in total. The van der Waals surface area contributed by atoms with Crippen LogP contribution in [-0.2, 0) is 0 Å². The van der Waals surface area contributed by atoms with Crippen LogP contribution in [0.15, 0.2) is 30.3 Å². The molecule has 0 aliphatic carbocycles. The van der Waals surface area contributed by atoms with Crippen LogP contribution in [0.1, 0.15) is 90.4 Å². The maximum Gasteiger partial charge on any atom is 0.137 e. The lowest BCUT2D eigenvalue weighted by Gasteiger charge is -2.29. The molecule has 0 amide bonds. The van der Waals surface area contributed by atoms with Gasteiger partial charge < -0.3 is 9.22 Å². The van der Waals surface area contributed by atoms with Gasteiger partial charge in [0.2, 0.25) is 0 Å². The number of nitrogens with zero attached hydrogens (tertiary/aromatic N) is 1. The summed E-state index contributed by atoms with van der Waals surface area (Å²) >= 11 is 0. The molecule has 1 aromatic rings. The van der Waals surface area contributed by atoms with Gasteiger partial charge >= 0.3 is 0 Å². The largest absolute Gasteiger partial charge is 0.488 e. The Hall–Kier alpha value is -1.02. The SMILES string of the molecule is CCCCCCCCCCCCCCC[N+](C)(C)CCOc1ccccc1. The minimum Gasteiger partial charge on any atom is -0.488 e. The molecule has 0 saturated heterocycles. The van der Waals surface area contributed by atoms with Crippen molar-refractivity contribution in [3.63, 3.8) is 0 Å². The van der Waals surface area contributed by atoms with E-state index in [0.717, 1.165) is 23.4 Å². The molecule has 0 spiro atoms. The van der Waals surface area contributed by atoms with E-state index in [-0.39, 0.29) is 0 Å². The van der Waals surface area contributed by atoms with Crippen LogP contribution in [0.25, 0.3) is 0 Å². The smallest absolute Gasteiger partial charge is 0.137 e. The molecule has 2 nitrogen and oxygen atoms in total. The van der Waals surface area contributed by atoms with Gasteiger partial charge in [0, 0.05) is 0 Å². The molecule has 0 aliphatic rings. The highest BCUT2D eigenvalue weighted by atomic mass is 16.5. The highest BCUT2D eigenvalue weighted by Gasteiger charge is 2.14. The van der Waals surface area contributed by atoms with E-state index in [1.54, 1.807) is 0 Å². The summed E-state index contributed by atoms with van der Waals surface area (Å²) in [6.45, 7) is 5.43. The van der Waals surface area contributed by atoms with Crippen molar-refractivity contribution in [1.29, 1.82) is 0 Å². The van der Waals surface area contributed by atoms with Gasteiger partial charge in [-0.05, 0) is 25.0 Å². The second-order valence-corrected chi connectivity index (χ2v) is 8.79. The highest BCUT2D eigenvalue weighted by Crippen LogP contribution is 2.13. The minimum atomic E-state index is 0.801. The second kappa shape index (κ2) is 16.0. The maximum absolute atomic E-state index is 5.85. The van der Waals surface area contributed by atoms with Gasteiger partial charge in [-0.15, -0.1) is 0 Å². The van der Waals surface area contributed by atoms with Gasteiger partial charge in [-0.25, -0.2) is 0 Å². The average Bonchev–Trinajstić information content (AvgIpc) is 2.66. The lowest BCUT2D eigenvalue weighted by atomic mass is 10.0. The van der Waals surface area contributed by atoms with Gasteiger partial charge in [-0.2, -0.15) is 0 Å². The first-order chi connectivity index (χ1) is 13.1. The monoisotopic (exact) mass is 376 g/mol. The minimum absolute atomic E-state index is 0.801. The van der Waals surface area contributed by atoms with Crippen LogP contribution in [0, 0.1) is 0 Å². The molecule has 0 aliphatic heterocycles. The summed E-state index contributed by atoms with van der Waals surface area (Å²) in [4.78, 5) is 0. The van der Waals surface area contributed by atoms with Crippen molar-refractivity contribution < 1.29 is 9.22 Å². The van der Waals surface area contributed by atoms with Crippen LogP contribution in [0.5, 0.6) is 5.75 Å². The standard InChI is InChI=1S/C25H46NO/c1-4-5-6-7-8-9-10-11-12-13-14-15-19-22-26(2,3)23-24-27-25-20-17-16-18-21-25/h16-18,20-21H,4-15,19,22-24H2,1-3H3/q+1. The van der Waals surface area contributed by atoms with Gasteiger partial charge in [0.25, 0.3) is 0 Å². The normalized spacial score (nSPS) is 11.7. The van der Waals surface area contributed by atoms with Crippen LogP contribution in [-0.4, -0.2) is 38.3 Å². The molecule has 0 bridgehead atoms. The number of quaternary nitrogens is 1. The van der Waals surface area contributed by atoms with Crippen molar-refractivity contribution in [2.24, 2.45) is 0 Å². The molecule has 0 fully saturated rings. The molecule has 1 aromatic carbocycles. The Bertz CT molecular complexity index is 429. The second-order valence-electron chi connectivity index (χ2n) is 8.79. The van der Waals surface area contributed by atoms with Crippen LogP contribution < -0.4 is 4.74 Å². The topological polar surface area (TPSA) is 9.23 Å². The Kier molecular flexibility index (Phi) is 14.2. The maximum atomic E-state index is 5.85. The van der Waals surface area contributed by atoms with Crippen molar-refractivity contribution in [3.8, 4) is 5.75 Å². The number of ether oxygens (including phenoxy) is 1. The summed E-state index contributed by atoms with van der Waals surface area (Å²) in [5.74, 6) is 0.985. The third-order valence-corrected chi connectivity index (χ3v) is 5.58. The summed E-state index contributed by atoms with van der Waals surface area (Å²) in [7, 11) is 4.66. The molecule has 156 valence electrons. The van der Waals surface area contributed by atoms with Gasteiger partial charge in [0.15, 0.2) is 0 Å². The number of unbranched alkanes of at least 4 members (excludes halogenated alkanes) is 12. The Morgan fingerprint density at radius 1 is 0.630 bits per heavy atom. The fraction of sp³-hybridized carbons (Fsp3) is 0.760. The number of benzene rings is 1. The van der Waals surface area contributed by atoms with Crippen LogP contribution in [0.4, 0.5) is 0 Å². The molecule has 0 radical (unpaired) electrons. The summed E-state index contributed by atoms with van der Waals surface area (Å²) in [6, 6.07) is 10.2. The van der Waals surface area contributed by atoms with Crippen molar-refractivity contribution in [3.05, 3.63) is 30.3 Å². The molecule has 0 heterocycles. The number of para-hydroxylation sites is 1. The van der Waals surface area contributed by atoms with E-state index in [1.165, 1.54) is 90.0 Å². The van der Waals surface area contributed by atoms with Gasteiger partial charge in [0.05, 0.1) is 20.6 Å². The van der Waals surface area contributed by atoms with Gasteiger partial charge in [0.1, 0.15) is 18.9 Å². The molecule has 0 aromatic heterocycles. The lowest BCUT2D eigenvalue weighted by molar-refractivity contribution is -0.890. The molecule has 27 heavy (non-hydrogen) atoms. The molecule has 2 heteroatoms. The molecular formula is C25H46NO+. The zero-order chi connectivity index (χ0) is 19.6. The van der Waals surface area contributed by atoms with E-state index in [2.05, 4.69) is 21.0 Å². The third kappa shape index (κ3) is 14.7. The number of rotatable bonds is 18. The number of hydrogen-bond donors (Lipinski definition) is 0. The summed E-state index contributed by atoms with van der Waals surface area (Å²) in [5.41, 5.74) is 0. The van der Waals surface area contributed by atoms with E-state index < -0.39 is 0 Å². The molecular weight excluding hydrogens is 330 g/mol. The van der Waals surface area contributed by atoms with Crippen molar-refractivity contribution in [1.82, 2.24) is 0 Å². The highest BCUT2D eigenvalue weighted by molar-refractivity contribution is 5.20. The summed E-state index contributed by atoms with van der Waals surface area (Å²) in [5, 5.41) is 0. The Labute approximate surface area is 169 Å². The molecule has 0 atom stereocenters. The fourth-order valence-electron chi connectivity index (χ4n) is 3.60. The van der Waals surface area contributed by atoms with Gasteiger partial charge in [-0.1, -0.05) is 95.8 Å². The summed E-state index contributed by atoms with van der Waals surface area (Å²) < 4.78 is 6.91. The third-order valence-electron chi connectivity index (χ3n) is 5.58. The van der Waals surface area contributed by atoms with Crippen LogP contribution >= 0.6 is 0 Å². The summed E-state index contributed by atoms with van der Waals surface area (Å²) in [6.07, 6.45) is 18.5. The van der Waals surface area contributed by atoms with E-state index in [1.807, 2.05) is 30.3 Å². The Morgan fingerprint density at radius 2 is 1.11 bits per heavy atom. The van der Waals surface area contributed by atoms with E-state index in [4.69, 9.17) is 4.74 Å². The van der Waals surface area contributed by atoms with Crippen molar-refractivity contribution >= 4 is 0 Å². The van der Waals surface area contributed by atoms with Crippen molar-refractivity contribution in [2.45, 2.75) is 90.4 Å². The van der Waals surface area contributed by atoms with E-state index in [0.29, 0.717) is 0 Å². The molecule has 1 rings (SSSR count). The predicted octanol–water partition coefficient (Wildman–Crippen LogP) is 7.23. The van der Waals surface area contributed by atoms with Crippen LogP contribution in [0.3, 0.4) is 0 Å². The quantitative estimate of drug-likeness (QED) is 0.194. The number of likely N-dealkylation sites (N-methyl/N-ethyl adjacent to an activating group) is 1. The predicted molar refractivity (Wildman–Crippen MR) is 119 cm³/mol. The number of hydrogen-bond acceptors (Lipinski definition) is 1. The zero-order valence-corrected chi connectivity index (χ0v) is 18.6. The zero-order valence-electron chi connectivity index (χ0n) is 18.6. The molecule has 0 unspecified atom stereocenters. The first-order valence-corrected chi connectivity index (χ1v) is 11.6. The first kappa shape index (κ1) is 24.0.